The molecule has 9 heteroatoms. The zero-order chi connectivity index (χ0) is 21.2. The Balaban J connectivity index is 0.00000117. The first-order valence-electron chi connectivity index (χ1n) is 8.74. The molecule has 0 atom stereocenters. The Labute approximate surface area is 175 Å². The molecule has 3 aromatic rings. The summed E-state index contributed by atoms with van der Waals surface area (Å²) < 4.78 is 35.2. The van der Waals surface area contributed by atoms with E-state index >= 15 is 0 Å². The average Bonchev–Trinajstić information content (AvgIpc) is 3.24. The van der Waals surface area contributed by atoms with Crippen LogP contribution in [0.4, 0.5) is 14.6 Å². The molecule has 1 aromatic carbocycles. The second-order valence-electron chi connectivity index (χ2n) is 5.77. The van der Waals surface area contributed by atoms with Crippen molar-refractivity contribution < 1.29 is 23.0 Å². The van der Waals surface area contributed by atoms with Gasteiger partial charge in [0.2, 0.25) is 0 Å². The molecule has 4 rings (SSSR count). The highest BCUT2D eigenvalue weighted by molar-refractivity contribution is 7.12. The van der Waals surface area contributed by atoms with Gasteiger partial charge in [0, 0.05) is 23.4 Å². The summed E-state index contributed by atoms with van der Waals surface area (Å²) in [5.41, 5.74) is 1.92. The fraction of sp³-hybridized carbons (Fsp3) is 0.200. The molecule has 1 amide bonds. The third-order valence-electron chi connectivity index (χ3n) is 3.88. The SMILES string of the molecule is CC.Cc1ccsc1C(=O)Nc1ccc(-c2cc3c(cc2Cl)OC(F)(F)O3)cn1. The highest BCUT2D eigenvalue weighted by Gasteiger charge is 2.43. The maximum Gasteiger partial charge on any atom is 0.586 e. The lowest BCUT2D eigenvalue weighted by Gasteiger charge is -2.08. The van der Waals surface area contributed by atoms with E-state index in [2.05, 4.69) is 19.8 Å². The van der Waals surface area contributed by atoms with Crippen LogP contribution in [0.1, 0.15) is 29.1 Å². The van der Waals surface area contributed by atoms with Crippen molar-refractivity contribution in [2.75, 3.05) is 5.32 Å². The van der Waals surface area contributed by atoms with Crippen LogP contribution in [0, 0.1) is 6.92 Å². The van der Waals surface area contributed by atoms with Gasteiger partial charge in [-0.1, -0.05) is 25.4 Å². The average molecular weight is 439 g/mol. The van der Waals surface area contributed by atoms with Crippen molar-refractivity contribution in [3.63, 3.8) is 0 Å². The van der Waals surface area contributed by atoms with Crippen molar-refractivity contribution in [2.45, 2.75) is 27.1 Å². The molecule has 5 nitrogen and oxygen atoms in total. The molecule has 0 fully saturated rings. The molecule has 0 saturated heterocycles. The largest absolute Gasteiger partial charge is 0.586 e. The molecule has 0 aliphatic carbocycles. The summed E-state index contributed by atoms with van der Waals surface area (Å²) >= 11 is 7.51. The molecule has 1 aliphatic heterocycles. The van der Waals surface area contributed by atoms with Crippen LogP contribution in [-0.2, 0) is 0 Å². The standard InChI is InChI=1S/C18H11ClF2N2O3S.C2H6/c1-9-4-5-27-16(9)17(24)23-15-3-2-10(8-22-15)11-6-13-14(7-12(11)19)26-18(20,21)25-13;1-2/h2-8H,1H3,(H,22,23,24);1-2H3. The summed E-state index contributed by atoms with van der Waals surface area (Å²) in [5, 5.41) is 4.76. The number of hydrogen-bond acceptors (Lipinski definition) is 5. The van der Waals surface area contributed by atoms with Crippen LogP contribution in [0.3, 0.4) is 0 Å². The molecule has 152 valence electrons. The zero-order valence-electron chi connectivity index (χ0n) is 15.8. The van der Waals surface area contributed by atoms with Gasteiger partial charge in [-0.05, 0) is 42.1 Å². The van der Waals surface area contributed by atoms with Gasteiger partial charge in [-0.25, -0.2) is 4.98 Å². The van der Waals surface area contributed by atoms with E-state index in [1.165, 1.54) is 29.7 Å². The van der Waals surface area contributed by atoms with Crippen LogP contribution >= 0.6 is 22.9 Å². The molecule has 3 heterocycles. The minimum atomic E-state index is -3.71. The van der Waals surface area contributed by atoms with E-state index in [-0.39, 0.29) is 22.4 Å². The van der Waals surface area contributed by atoms with Gasteiger partial charge >= 0.3 is 6.29 Å². The summed E-state index contributed by atoms with van der Waals surface area (Å²) in [4.78, 5) is 17.0. The number of hydrogen-bond donors (Lipinski definition) is 1. The molecule has 1 N–H and O–H groups in total. The van der Waals surface area contributed by atoms with E-state index in [4.69, 9.17) is 11.6 Å². The smallest absolute Gasteiger partial charge is 0.395 e. The number of aryl methyl sites for hydroxylation is 1. The number of carbonyl (C=O) groups excluding carboxylic acids is 1. The summed E-state index contributed by atoms with van der Waals surface area (Å²) in [6.07, 6.45) is -2.23. The van der Waals surface area contributed by atoms with Gasteiger partial charge in [-0.3, -0.25) is 4.79 Å². The summed E-state index contributed by atoms with van der Waals surface area (Å²) in [7, 11) is 0. The van der Waals surface area contributed by atoms with Crippen LogP contribution in [-0.4, -0.2) is 17.2 Å². The van der Waals surface area contributed by atoms with Gasteiger partial charge in [0.1, 0.15) is 5.82 Å². The van der Waals surface area contributed by atoms with Crippen molar-refractivity contribution in [3.05, 3.63) is 57.4 Å². The lowest BCUT2D eigenvalue weighted by Crippen LogP contribution is -2.25. The first kappa shape index (κ1) is 21.0. The molecular weight excluding hydrogens is 422 g/mol. The number of amides is 1. The minimum Gasteiger partial charge on any atom is -0.395 e. The normalized spacial score (nSPS) is 13.4. The number of anilines is 1. The van der Waals surface area contributed by atoms with E-state index in [0.717, 1.165) is 5.56 Å². The predicted octanol–water partition coefficient (Wildman–Crippen LogP) is 6.37. The van der Waals surface area contributed by atoms with Crippen molar-refractivity contribution in [3.8, 4) is 22.6 Å². The Morgan fingerprint density at radius 1 is 1.17 bits per heavy atom. The highest BCUT2D eigenvalue weighted by atomic mass is 35.5. The maximum atomic E-state index is 13.2. The summed E-state index contributed by atoms with van der Waals surface area (Å²) in [6.45, 7) is 5.85. The lowest BCUT2D eigenvalue weighted by atomic mass is 10.1. The lowest BCUT2D eigenvalue weighted by molar-refractivity contribution is -0.286. The van der Waals surface area contributed by atoms with Gasteiger partial charge in [0.25, 0.3) is 5.91 Å². The maximum absolute atomic E-state index is 13.2. The number of ether oxygens (including phenoxy) is 2. The number of fused-ring (bicyclic) bond motifs is 1. The Morgan fingerprint density at radius 3 is 2.45 bits per heavy atom. The number of pyridine rings is 1. The fourth-order valence-electron chi connectivity index (χ4n) is 2.60. The highest BCUT2D eigenvalue weighted by Crippen LogP contribution is 2.46. The monoisotopic (exact) mass is 438 g/mol. The van der Waals surface area contributed by atoms with Crippen LogP contribution in [0.5, 0.6) is 11.5 Å². The number of rotatable bonds is 3. The molecule has 0 saturated carbocycles. The van der Waals surface area contributed by atoms with Crippen LogP contribution in [0.2, 0.25) is 5.02 Å². The van der Waals surface area contributed by atoms with Gasteiger partial charge in [0.05, 0.1) is 9.90 Å². The fourth-order valence-corrected chi connectivity index (χ4v) is 3.68. The molecular formula is C20H17ClF2N2O3S. The van der Waals surface area contributed by atoms with E-state index in [1.807, 2.05) is 32.2 Å². The Hall–Kier alpha value is -2.71. The Kier molecular flexibility index (Phi) is 6.04. The molecule has 29 heavy (non-hydrogen) atoms. The molecule has 2 aromatic heterocycles. The second-order valence-corrected chi connectivity index (χ2v) is 7.09. The van der Waals surface area contributed by atoms with Crippen LogP contribution in [0.25, 0.3) is 11.1 Å². The predicted molar refractivity (Wildman–Crippen MR) is 109 cm³/mol. The van der Waals surface area contributed by atoms with E-state index in [1.54, 1.807) is 12.1 Å². The quantitative estimate of drug-likeness (QED) is 0.516. The van der Waals surface area contributed by atoms with Gasteiger partial charge in [0.15, 0.2) is 11.5 Å². The number of thiophene rings is 1. The number of carbonyl (C=O) groups is 1. The first-order chi connectivity index (χ1) is 13.8. The number of nitrogens with zero attached hydrogens (tertiary/aromatic N) is 1. The van der Waals surface area contributed by atoms with Crippen molar-refractivity contribution in [2.24, 2.45) is 0 Å². The number of aromatic nitrogens is 1. The molecule has 0 bridgehead atoms. The van der Waals surface area contributed by atoms with Gasteiger partial charge in [-0.2, -0.15) is 0 Å². The number of halogens is 3. The summed E-state index contributed by atoms with van der Waals surface area (Å²) in [6, 6.07) is 7.77. The number of nitrogens with one attached hydrogen (secondary N) is 1. The Morgan fingerprint density at radius 2 is 1.86 bits per heavy atom. The van der Waals surface area contributed by atoms with E-state index < -0.39 is 6.29 Å². The molecule has 0 radical (unpaired) electrons. The first-order valence-corrected chi connectivity index (χ1v) is 9.99. The second kappa shape index (κ2) is 8.34. The van der Waals surface area contributed by atoms with Crippen LogP contribution in [0.15, 0.2) is 41.9 Å². The Bertz CT molecular complexity index is 1040. The zero-order valence-corrected chi connectivity index (χ0v) is 17.3. The van der Waals surface area contributed by atoms with Crippen molar-refractivity contribution in [1.82, 2.24) is 4.98 Å². The number of benzene rings is 1. The van der Waals surface area contributed by atoms with Gasteiger partial charge in [-0.15, -0.1) is 20.1 Å². The minimum absolute atomic E-state index is 0.107. The van der Waals surface area contributed by atoms with Crippen molar-refractivity contribution >= 4 is 34.7 Å². The topological polar surface area (TPSA) is 60.5 Å². The third-order valence-corrected chi connectivity index (χ3v) is 5.20. The molecule has 0 unspecified atom stereocenters. The van der Waals surface area contributed by atoms with E-state index in [9.17, 15) is 13.6 Å². The summed E-state index contributed by atoms with van der Waals surface area (Å²) in [5.74, 6) is -0.118. The van der Waals surface area contributed by atoms with E-state index in [0.29, 0.717) is 21.8 Å². The van der Waals surface area contributed by atoms with Gasteiger partial charge < -0.3 is 14.8 Å². The van der Waals surface area contributed by atoms with Crippen LogP contribution < -0.4 is 14.8 Å². The third kappa shape index (κ3) is 4.49. The molecule has 1 aliphatic rings. The van der Waals surface area contributed by atoms with Crippen molar-refractivity contribution in [1.29, 1.82) is 0 Å². The molecule has 0 spiro atoms. The number of alkyl halides is 2.